The molecule has 1 N–H and O–H groups in total. The molecule has 0 aliphatic heterocycles. The molecule has 0 aliphatic carbocycles. The van der Waals surface area contributed by atoms with Crippen LogP contribution >= 0.6 is 0 Å². The number of hydrogen-bond donors (Lipinski definition) is 1. The highest BCUT2D eigenvalue weighted by atomic mass is 16.5. The van der Waals surface area contributed by atoms with Crippen LogP contribution in [0.25, 0.3) is 5.57 Å². The van der Waals surface area contributed by atoms with Crippen molar-refractivity contribution in [3.05, 3.63) is 71.3 Å². The summed E-state index contributed by atoms with van der Waals surface area (Å²) < 4.78 is 5.77. The molecule has 0 bridgehead atoms. The fourth-order valence-corrected chi connectivity index (χ4v) is 2.48. The molecule has 1 heterocycles. The number of rotatable bonds is 8. The van der Waals surface area contributed by atoms with Crippen molar-refractivity contribution in [1.29, 1.82) is 0 Å². The number of H-pyrrole nitrogens is 1. The van der Waals surface area contributed by atoms with Crippen molar-refractivity contribution in [3.63, 3.8) is 0 Å². The van der Waals surface area contributed by atoms with Crippen LogP contribution in [0.2, 0.25) is 0 Å². The van der Waals surface area contributed by atoms with E-state index in [-0.39, 0.29) is 0 Å². The summed E-state index contributed by atoms with van der Waals surface area (Å²) >= 11 is 0. The van der Waals surface area contributed by atoms with Crippen LogP contribution in [0.5, 0.6) is 0 Å². The van der Waals surface area contributed by atoms with Gasteiger partial charge in [-0.1, -0.05) is 48.1 Å². The highest BCUT2D eigenvalue weighted by Crippen LogP contribution is 2.18. The SMILES string of the molecule is C/C=C\C(=C/C)c1nc[nH]c1CCCOCc1ccc(C)cc1. The molecular formula is C20H26N2O. The quantitative estimate of drug-likeness (QED) is 0.559. The van der Waals surface area contributed by atoms with Crippen LogP contribution in [-0.4, -0.2) is 16.6 Å². The summed E-state index contributed by atoms with van der Waals surface area (Å²) in [6.07, 6.45) is 9.91. The Balaban J connectivity index is 1.79. The number of aryl methyl sites for hydroxylation is 2. The van der Waals surface area contributed by atoms with E-state index < -0.39 is 0 Å². The largest absolute Gasteiger partial charge is 0.377 e. The molecule has 0 fully saturated rings. The molecule has 0 aliphatic rings. The Kier molecular flexibility index (Phi) is 6.82. The standard InChI is InChI=1S/C20H26N2O/c1-4-7-18(5-2)20-19(21-15-22-20)8-6-13-23-14-17-11-9-16(3)10-12-17/h4-5,7,9-12,15H,6,8,13-14H2,1-3H3,(H,21,22)/b7-4-,18-5+. The average molecular weight is 310 g/mol. The van der Waals surface area contributed by atoms with Gasteiger partial charge >= 0.3 is 0 Å². The first-order valence-electron chi connectivity index (χ1n) is 8.19. The molecule has 2 rings (SSSR count). The number of imidazole rings is 1. The summed E-state index contributed by atoms with van der Waals surface area (Å²) in [6.45, 7) is 7.59. The first kappa shape index (κ1) is 17.2. The normalized spacial score (nSPS) is 12.2. The topological polar surface area (TPSA) is 37.9 Å². The third-order valence-corrected chi connectivity index (χ3v) is 3.75. The predicted octanol–water partition coefficient (Wildman–Crippen LogP) is 4.85. The lowest BCUT2D eigenvalue weighted by atomic mass is 10.1. The molecule has 0 atom stereocenters. The molecule has 0 radical (unpaired) electrons. The van der Waals surface area contributed by atoms with Crippen molar-refractivity contribution in [3.8, 4) is 0 Å². The highest BCUT2D eigenvalue weighted by molar-refractivity contribution is 5.72. The first-order chi connectivity index (χ1) is 11.2. The van der Waals surface area contributed by atoms with Gasteiger partial charge in [0.05, 0.1) is 18.6 Å². The number of aromatic amines is 1. The van der Waals surface area contributed by atoms with E-state index >= 15 is 0 Å². The maximum absolute atomic E-state index is 5.77. The van der Waals surface area contributed by atoms with E-state index in [1.165, 1.54) is 16.8 Å². The van der Waals surface area contributed by atoms with Crippen LogP contribution < -0.4 is 0 Å². The van der Waals surface area contributed by atoms with Gasteiger partial charge in [-0.05, 0) is 44.7 Å². The number of nitrogens with one attached hydrogen (secondary N) is 1. The molecule has 2 aromatic rings. The van der Waals surface area contributed by atoms with Gasteiger partial charge in [0.2, 0.25) is 0 Å². The molecule has 3 heteroatoms. The van der Waals surface area contributed by atoms with Crippen LogP contribution in [0, 0.1) is 6.92 Å². The smallest absolute Gasteiger partial charge is 0.0929 e. The molecule has 0 saturated carbocycles. The Morgan fingerprint density at radius 2 is 2.00 bits per heavy atom. The minimum absolute atomic E-state index is 0.675. The number of benzene rings is 1. The molecule has 0 spiro atoms. The molecule has 23 heavy (non-hydrogen) atoms. The molecule has 0 unspecified atom stereocenters. The summed E-state index contributed by atoms with van der Waals surface area (Å²) in [4.78, 5) is 7.70. The van der Waals surface area contributed by atoms with Gasteiger partial charge in [0.15, 0.2) is 0 Å². The van der Waals surface area contributed by atoms with Gasteiger partial charge in [-0.25, -0.2) is 4.98 Å². The third-order valence-electron chi connectivity index (χ3n) is 3.75. The summed E-state index contributed by atoms with van der Waals surface area (Å²) in [5.41, 5.74) is 5.88. The zero-order chi connectivity index (χ0) is 16.5. The van der Waals surface area contributed by atoms with Crippen molar-refractivity contribution in [2.75, 3.05) is 6.61 Å². The minimum Gasteiger partial charge on any atom is -0.377 e. The lowest BCUT2D eigenvalue weighted by Gasteiger charge is -2.06. The third kappa shape index (κ3) is 5.22. The van der Waals surface area contributed by atoms with Crippen LogP contribution in [0.15, 0.2) is 48.8 Å². The van der Waals surface area contributed by atoms with E-state index in [9.17, 15) is 0 Å². The van der Waals surface area contributed by atoms with Crippen molar-refractivity contribution < 1.29 is 4.74 Å². The van der Waals surface area contributed by atoms with Gasteiger partial charge in [-0.3, -0.25) is 0 Å². The van der Waals surface area contributed by atoms with Crippen molar-refractivity contribution >= 4 is 5.57 Å². The van der Waals surface area contributed by atoms with E-state index in [0.29, 0.717) is 6.61 Å². The van der Waals surface area contributed by atoms with Crippen LogP contribution in [0.4, 0.5) is 0 Å². The molecule has 1 aromatic heterocycles. The van der Waals surface area contributed by atoms with Gasteiger partial charge in [0.1, 0.15) is 0 Å². The Morgan fingerprint density at radius 3 is 2.70 bits per heavy atom. The summed E-state index contributed by atoms with van der Waals surface area (Å²) in [6, 6.07) is 8.49. The number of hydrogen-bond acceptors (Lipinski definition) is 2. The van der Waals surface area contributed by atoms with E-state index in [2.05, 4.69) is 53.3 Å². The zero-order valence-electron chi connectivity index (χ0n) is 14.3. The minimum atomic E-state index is 0.675. The monoisotopic (exact) mass is 310 g/mol. The van der Waals surface area contributed by atoms with Gasteiger partial charge in [-0.2, -0.15) is 0 Å². The van der Waals surface area contributed by atoms with Crippen molar-refractivity contribution in [2.45, 2.75) is 40.2 Å². The Hall–Kier alpha value is -2.13. The molecule has 0 amide bonds. The second-order valence-electron chi connectivity index (χ2n) is 5.62. The fraction of sp³-hybridized carbons (Fsp3) is 0.350. The summed E-state index contributed by atoms with van der Waals surface area (Å²) in [5, 5.41) is 0. The van der Waals surface area contributed by atoms with E-state index in [1.807, 2.05) is 19.9 Å². The molecule has 3 nitrogen and oxygen atoms in total. The molecule has 1 aromatic carbocycles. The summed E-state index contributed by atoms with van der Waals surface area (Å²) in [7, 11) is 0. The van der Waals surface area contributed by atoms with Gasteiger partial charge in [-0.15, -0.1) is 0 Å². The lowest BCUT2D eigenvalue weighted by molar-refractivity contribution is 0.118. The number of nitrogens with zero attached hydrogens (tertiary/aromatic N) is 1. The summed E-state index contributed by atoms with van der Waals surface area (Å²) in [5.74, 6) is 0. The fourth-order valence-electron chi connectivity index (χ4n) is 2.48. The number of allylic oxidation sites excluding steroid dienone is 4. The maximum Gasteiger partial charge on any atom is 0.0929 e. The Morgan fingerprint density at radius 1 is 1.22 bits per heavy atom. The average Bonchev–Trinajstić information content (AvgIpc) is 3.02. The second kappa shape index (κ2) is 9.11. The second-order valence-corrected chi connectivity index (χ2v) is 5.62. The molecular weight excluding hydrogens is 284 g/mol. The lowest BCUT2D eigenvalue weighted by Crippen LogP contribution is -1.99. The van der Waals surface area contributed by atoms with Crippen molar-refractivity contribution in [2.24, 2.45) is 0 Å². The van der Waals surface area contributed by atoms with Crippen LogP contribution in [0.1, 0.15) is 42.8 Å². The number of aromatic nitrogens is 2. The van der Waals surface area contributed by atoms with Gasteiger partial charge in [0, 0.05) is 12.3 Å². The van der Waals surface area contributed by atoms with E-state index in [4.69, 9.17) is 4.74 Å². The van der Waals surface area contributed by atoms with E-state index in [0.717, 1.165) is 30.7 Å². The first-order valence-corrected chi connectivity index (χ1v) is 8.19. The van der Waals surface area contributed by atoms with E-state index in [1.54, 1.807) is 6.33 Å². The van der Waals surface area contributed by atoms with Gasteiger partial charge in [0.25, 0.3) is 0 Å². The highest BCUT2D eigenvalue weighted by Gasteiger charge is 2.08. The molecule has 122 valence electrons. The Bertz CT molecular complexity index is 651. The van der Waals surface area contributed by atoms with Crippen LogP contribution in [0.3, 0.4) is 0 Å². The van der Waals surface area contributed by atoms with Crippen molar-refractivity contribution in [1.82, 2.24) is 9.97 Å². The zero-order valence-corrected chi connectivity index (χ0v) is 14.3. The Labute approximate surface area is 139 Å². The van der Waals surface area contributed by atoms with Crippen LogP contribution in [-0.2, 0) is 17.8 Å². The van der Waals surface area contributed by atoms with Gasteiger partial charge < -0.3 is 9.72 Å². The predicted molar refractivity (Wildman–Crippen MR) is 96.2 cm³/mol. The molecule has 0 saturated heterocycles. The maximum atomic E-state index is 5.77. The number of ether oxygens (including phenoxy) is 1.